The van der Waals surface area contributed by atoms with Crippen molar-refractivity contribution in [2.24, 2.45) is 10.7 Å². The second kappa shape index (κ2) is 10.3. The van der Waals surface area contributed by atoms with E-state index in [0.29, 0.717) is 11.3 Å². The quantitative estimate of drug-likeness (QED) is 0.360. The Morgan fingerprint density at radius 2 is 1.94 bits per heavy atom. The van der Waals surface area contributed by atoms with Crippen molar-refractivity contribution >= 4 is 28.9 Å². The number of halogens is 2. The van der Waals surface area contributed by atoms with Crippen LogP contribution >= 0.6 is 0 Å². The molecular weight excluding hydrogens is 430 g/mol. The van der Waals surface area contributed by atoms with Crippen molar-refractivity contribution in [3.05, 3.63) is 77.8 Å². The molecule has 0 spiro atoms. The Morgan fingerprint density at radius 3 is 2.61 bits per heavy atom. The number of anilines is 2. The predicted molar refractivity (Wildman–Crippen MR) is 122 cm³/mol. The van der Waals surface area contributed by atoms with Gasteiger partial charge in [-0.3, -0.25) is 4.79 Å². The van der Waals surface area contributed by atoms with E-state index in [1.807, 2.05) is 0 Å². The maximum Gasteiger partial charge on any atom is 0.258 e. The molecule has 0 radical (unpaired) electrons. The van der Waals surface area contributed by atoms with E-state index in [4.69, 9.17) is 16.2 Å². The topological polar surface area (TPSA) is 129 Å². The molecule has 1 amide bonds. The first-order valence-corrected chi connectivity index (χ1v) is 9.94. The Labute approximate surface area is 189 Å². The Morgan fingerprint density at radius 1 is 1.15 bits per heavy atom. The maximum atomic E-state index is 14.6. The molecule has 1 aromatic carbocycles. The van der Waals surface area contributed by atoms with Gasteiger partial charge in [0.2, 0.25) is 0 Å². The molecule has 3 aromatic rings. The zero-order valence-electron chi connectivity index (χ0n) is 18.0. The number of nitrogen functional groups attached to an aromatic ring is 1. The maximum absolute atomic E-state index is 14.6. The molecule has 0 atom stereocenters. The Hall–Kier alpha value is -4.34. The number of carbonyl (C=O) groups excluding carboxylic acids is 1. The van der Waals surface area contributed by atoms with Gasteiger partial charge < -0.3 is 21.5 Å². The minimum Gasteiger partial charge on any atom is -0.454 e. The molecule has 0 bridgehead atoms. The number of pyridine rings is 2. The molecule has 0 aliphatic rings. The second-order valence-electron chi connectivity index (χ2n) is 6.82. The van der Waals surface area contributed by atoms with Gasteiger partial charge in [0, 0.05) is 35.9 Å². The Bertz CT molecular complexity index is 1240. The van der Waals surface area contributed by atoms with Gasteiger partial charge in [-0.1, -0.05) is 6.92 Å². The largest absolute Gasteiger partial charge is 0.454 e. The minimum absolute atomic E-state index is 0.00572. The number of rotatable bonds is 7. The number of nitrogens with zero attached hydrogens (tertiary/aromatic N) is 3. The lowest BCUT2D eigenvalue weighted by Gasteiger charge is -2.13. The van der Waals surface area contributed by atoms with Crippen LogP contribution in [-0.4, -0.2) is 21.6 Å². The van der Waals surface area contributed by atoms with Gasteiger partial charge in [-0.2, -0.15) is 0 Å². The monoisotopic (exact) mass is 452 g/mol. The zero-order valence-corrected chi connectivity index (χ0v) is 18.0. The molecule has 0 aliphatic heterocycles. The molecule has 0 aliphatic carbocycles. The molecular formula is C23H22F2N6O2. The summed E-state index contributed by atoms with van der Waals surface area (Å²) < 4.78 is 34.1. The van der Waals surface area contributed by atoms with E-state index >= 15 is 0 Å². The summed E-state index contributed by atoms with van der Waals surface area (Å²) in [6.45, 7) is 3.44. The molecule has 8 nitrogen and oxygen atoms in total. The van der Waals surface area contributed by atoms with Crippen molar-refractivity contribution in [2.45, 2.75) is 20.3 Å². The molecule has 5 N–H and O–H groups in total. The van der Waals surface area contributed by atoms with Crippen molar-refractivity contribution in [3.63, 3.8) is 0 Å². The van der Waals surface area contributed by atoms with Gasteiger partial charge in [-0.05, 0) is 43.7 Å². The lowest BCUT2D eigenvalue weighted by Crippen LogP contribution is -2.21. The van der Waals surface area contributed by atoms with Crippen LogP contribution in [0.5, 0.6) is 11.5 Å². The fourth-order valence-corrected chi connectivity index (χ4v) is 2.84. The highest BCUT2D eigenvalue weighted by Crippen LogP contribution is 2.30. The van der Waals surface area contributed by atoms with E-state index in [2.05, 4.69) is 20.3 Å². The first kappa shape index (κ1) is 23.3. The molecule has 0 fully saturated rings. The van der Waals surface area contributed by atoms with Crippen molar-refractivity contribution < 1.29 is 18.3 Å². The predicted octanol–water partition coefficient (Wildman–Crippen LogP) is 4.40. The van der Waals surface area contributed by atoms with Crippen LogP contribution in [0.3, 0.4) is 0 Å². The first-order valence-electron chi connectivity index (χ1n) is 9.94. The standard InChI is InChI=1S/C23H22F2N6O2/c1-3-18(31-22-16(24)5-4-9-29-22)15(12-26)23(32)30-14-6-7-20(17(25)11-14)33-19-8-10-28-21(27)13(19)2/h4-12H,3,26H2,1-2H3,(H2,27,28)(H,30,32). The SMILES string of the molecule is CCC(=Nc1ncccc1F)C(=CN)C(=O)Nc1ccc(Oc2ccnc(N)c2C)c(F)c1. The van der Waals surface area contributed by atoms with E-state index in [1.165, 1.54) is 36.7 Å². The average Bonchev–Trinajstić information content (AvgIpc) is 2.79. The second-order valence-corrected chi connectivity index (χ2v) is 6.82. The van der Waals surface area contributed by atoms with Crippen LogP contribution in [0.15, 0.2) is 65.6 Å². The highest BCUT2D eigenvalue weighted by atomic mass is 19.1. The van der Waals surface area contributed by atoms with Crippen molar-refractivity contribution in [1.29, 1.82) is 0 Å². The number of aromatic nitrogens is 2. The molecule has 10 heteroatoms. The third-order valence-corrected chi connectivity index (χ3v) is 4.64. The lowest BCUT2D eigenvalue weighted by molar-refractivity contribution is -0.112. The van der Waals surface area contributed by atoms with Gasteiger partial charge in [0.05, 0.1) is 11.3 Å². The summed E-state index contributed by atoms with van der Waals surface area (Å²) in [5.74, 6) is -1.57. The number of nitrogens with two attached hydrogens (primary N) is 2. The summed E-state index contributed by atoms with van der Waals surface area (Å²) in [6.07, 6.45) is 4.18. The minimum atomic E-state index is -0.708. The van der Waals surface area contributed by atoms with Crippen molar-refractivity contribution in [2.75, 3.05) is 11.1 Å². The smallest absolute Gasteiger partial charge is 0.258 e. The molecule has 170 valence electrons. The van der Waals surface area contributed by atoms with E-state index in [1.54, 1.807) is 19.9 Å². The molecule has 2 heterocycles. The summed E-state index contributed by atoms with van der Waals surface area (Å²) in [5, 5.41) is 2.55. The fraction of sp³-hybridized carbons (Fsp3) is 0.130. The van der Waals surface area contributed by atoms with E-state index in [-0.39, 0.29) is 40.8 Å². The molecule has 0 saturated heterocycles. The van der Waals surface area contributed by atoms with Gasteiger partial charge in [0.15, 0.2) is 23.2 Å². The third kappa shape index (κ3) is 5.48. The number of aliphatic imine (C=N–C) groups is 1. The summed E-state index contributed by atoms with van der Waals surface area (Å²) >= 11 is 0. The number of hydrogen-bond donors (Lipinski definition) is 3. The summed E-state index contributed by atoms with van der Waals surface area (Å²) in [5.41, 5.74) is 12.3. The normalized spacial score (nSPS) is 11.9. The lowest BCUT2D eigenvalue weighted by atomic mass is 10.1. The van der Waals surface area contributed by atoms with Gasteiger partial charge >= 0.3 is 0 Å². The van der Waals surface area contributed by atoms with Gasteiger partial charge in [0.1, 0.15) is 11.6 Å². The number of ether oxygens (including phenoxy) is 1. The highest BCUT2D eigenvalue weighted by molar-refractivity contribution is 6.25. The van der Waals surface area contributed by atoms with Crippen LogP contribution < -0.4 is 21.5 Å². The van der Waals surface area contributed by atoms with Crippen molar-refractivity contribution in [1.82, 2.24) is 9.97 Å². The molecule has 0 unspecified atom stereocenters. The zero-order chi connectivity index (χ0) is 24.0. The molecule has 3 rings (SSSR count). The van der Waals surface area contributed by atoms with Crippen LogP contribution in [-0.2, 0) is 4.79 Å². The number of benzene rings is 1. The van der Waals surface area contributed by atoms with Crippen LogP contribution in [0.4, 0.5) is 26.1 Å². The van der Waals surface area contributed by atoms with Crippen molar-refractivity contribution in [3.8, 4) is 11.5 Å². The number of carbonyl (C=O) groups is 1. The summed E-state index contributed by atoms with van der Waals surface area (Å²) in [4.78, 5) is 24.7. The van der Waals surface area contributed by atoms with E-state index < -0.39 is 17.5 Å². The summed E-state index contributed by atoms with van der Waals surface area (Å²) in [7, 11) is 0. The van der Waals surface area contributed by atoms with Crippen LogP contribution in [0.2, 0.25) is 0 Å². The average molecular weight is 452 g/mol. The van der Waals surface area contributed by atoms with Gasteiger partial charge in [0.25, 0.3) is 5.91 Å². The molecule has 0 saturated carbocycles. The first-order chi connectivity index (χ1) is 15.8. The van der Waals surface area contributed by atoms with Crippen LogP contribution in [0.25, 0.3) is 0 Å². The molecule has 33 heavy (non-hydrogen) atoms. The number of amides is 1. The molecule has 2 aromatic heterocycles. The Kier molecular flexibility index (Phi) is 7.29. The van der Waals surface area contributed by atoms with Gasteiger partial charge in [-0.25, -0.2) is 23.7 Å². The highest BCUT2D eigenvalue weighted by Gasteiger charge is 2.17. The van der Waals surface area contributed by atoms with Crippen LogP contribution in [0.1, 0.15) is 18.9 Å². The van der Waals surface area contributed by atoms with Gasteiger partial charge in [-0.15, -0.1) is 0 Å². The fourth-order valence-electron chi connectivity index (χ4n) is 2.84. The Balaban J connectivity index is 1.79. The van der Waals surface area contributed by atoms with E-state index in [9.17, 15) is 13.6 Å². The summed E-state index contributed by atoms with van der Waals surface area (Å²) in [6, 6.07) is 8.13. The number of hydrogen-bond acceptors (Lipinski definition) is 7. The van der Waals surface area contributed by atoms with Crippen LogP contribution in [0, 0.1) is 18.6 Å². The van der Waals surface area contributed by atoms with E-state index in [0.717, 1.165) is 12.3 Å². The number of nitrogens with one attached hydrogen (secondary N) is 1. The third-order valence-electron chi connectivity index (χ3n) is 4.64.